The number of aromatic nitrogens is 1. The molecule has 0 aliphatic heterocycles. The molecule has 22 heavy (non-hydrogen) atoms. The van der Waals surface area contributed by atoms with Crippen LogP contribution in [0.5, 0.6) is 5.88 Å². The highest BCUT2D eigenvalue weighted by Gasteiger charge is 2.14. The van der Waals surface area contributed by atoms with Crippen molar-refractivity contribution >= 4 is 46.4 Å². The summed E-state index contributed by atoms with van der Waals surface area (Å²) in [5.74, 6) is -0.184. The van der Waals surface area contributed by atoms with Gasteiger partial charge in [0.25, 0.3) is 5.91 Å². The fourth-order valence-corrected chi connectivity index (χ4v) is 2.58. The van der Waals surface area contributed by atoms with E-state index in [-0.39, 0.29) is 21.5 Å². The number of halogens is 3. The number of hydrogen-bond donors (Lipinski definition) is 2. The molecule has 0 aliphatic carbocycles. The molecular weight excluding hydrogens is 349 g/mol. The second-order valence-electron chi connectivity index (χ2n) is 4.11. The van der Waals surface area contributed by atoms with Crippen LogP contribution in [0.2, 0.25) is 15.1 Å². The standard InChI is InChI=1S/C14H12Cl3N3O2/c1-2-22-14-9(4-3-5-18-14)13(21)20-19-12-10(16)6-8(15)7-11(12)17/h3-7,19H,2H2,1H3,(H,20,21). The van der Waals surface area contributed by atoms with Crippen LogP contribution in [0.3, 0.4) is 0 Å². The fourth-order valence-electron chi connectivity index (χ4n) is 1.66. The number of amides is 1. The maximum Gasteiger partial charge on any atom is 0.275 e. The Morgan fingerprint density at radius 1 is 1.27 bits per heavy atom. The number of pyridine rings is 1. The number of rotatable bonds is 5. The van der Waals surface area contributed by atoms with Crippen molar-refractivity contribution in [2.24, 2.45) is 0 Å². The van der Waals surface area contributed by atoms with E-state index in [2.05, 4.69) is 15.8 Å². The van der Waals surface area contributed by atoms with E-state index < -0.39 is 5.91 Å². The van der Waals surface area contributed by atoms with Gasteiger partial charge in [-0.1, -0.05) is 34.8 Å². The first-order valence-electron chi connectivity index (χ1n) is 6.31. The Morgan fingerprint density at radius 2 is 1.95 bits per heavy atom. The first-order chi connectivity index (χ1) is 10.5. The molecule has 1 aromatic heterocycles. The number of hydrogen-bond acceptors (Lipinski definition) is 4. The van der Waals surface area contributed by atoms with Crippen molar-refractivity contribution in [3.05, 3.63) is 51.1 Å². The van der Waals surface area contributed by atoms with Gasteiger partial charge in [0, 0.05) is 11.2 Å². The largest absolute Gasteiger partial charge is 0.477 e. The lowest BCUT2D eigenvalue weighted by atomic mass is 10.2. The van der Waals surface area contributed by atoms with Gasteiger partial charge in [0.2, 0.25) is 5.88 Å². The van der Waals surface area contributed by atoms with Gasteiger partial charge in [0.15, 0.2) is 0 Å². The first-order valence-corrected chi connectivity index (χ1v) is 7.45. The summed E-state index contributed by atoms with van der Waals surface area (Å²) in [6.07, 6.45) is 1.54. The predicted octanol–water partition coefficient (Wildman–Crippen LogP) is 4.20. The predicted molar refractivity (Wildman–Crippen MR) is 88.0 cm³/mol. The van der Waals surface area contributed by atoms with Crippen molar-refractivity contribution in [1.29, 1.82) is 0 Å². The molecule has 0 unspecified atom stereocenters. The Kier molecular flexibility index (Phi) is 5.71. The molecule has 0 radical (unpaired) electrons. The molecule has 1 aromatic carbocycles. The highest BCUT2D eigenvalue weighted by Crippen LogP contribution is 2.33. The number of benzene rings is 1. The van der Waals surface area contributed by atoms with E-state index in [0.29, 0.717) is 17.3 Å². The minimum absolute atomic E-state index is 0.248. The molecule has 0 bridgehead atoms. The second kappa shape index (κ2) is 7.54. The number of anilines is 1. The summed E-state index contributed by atoms with van der Waals surface area (Å²) in [4.78, 5) is 16.2. The summed E-state index contributed by atoms with van der Waals surface area (Å²) >= 11 is 17.9. The maximum atomic E-state index is 12.2. The molecule has 0 fully saturated rings. The van der Waals surface area contributed by atoms with E-state index in [1.165, 1.54) is 12.1 Å². The Hall–Kier alpha value is -1.69. The fraction of sp³-hybridized carbons (Fsp3) is 0.143. The van der Waals surface area contributed by atoms with Gasteiger partial charge >= 0.3 is 0 Å². The van der Waals surface area contributed by atoms with Crippen LogP contribution < -0.4 is 15.6 Å². The van der Waals surface area contributed by atoms with Crippen molar-refractivity contribution in [3.63, 3.8) is 0 Å². The Labute approximate surface area is 142 Å². The third kappa shape index (κ3) is 3.94. The van der Waals surface area contributed by atoms with Crippen molar-refractivity contribution in [2.45, 2.75) is 6.92 Å². The van der Waals surface area contributed by atoms with Crippen LogP contribution in [0, 0.1) is 0 Å². The number of hydrazine groups is 1. The zero-order valence-electron chi connectivity index (χ0n) is 11.5. The summed E-state index contributed by atoms with van der Waals surface area (Å²) in [7, 11) is 0. The van der Waals surface area contributed by atoms with Crippen LogP contribution >= 0.6 is 34.8 Å². The normalized spacial score (nSPS) is 10.2. The minimum atomic E-state index is -0.432. The van der Waals surface area contributed by atoms with Gasteiger partial charge in [-0.25, -0.2) is 4.98 Å². The highest BCUT2D eigenvalue weighted by molar-refractivity contribution is 6.41. The van der Waals surface area contributed by atoms with E-state index in [0.717, 1.165) is 0 Å². The molecule has 0 atom stereocenters. The summed E-state index contributed by atoms with van der Waals surface area (Å²) in [6, 6.07) is 6.26. The second-order valence-corrected chi connectivity index (χ2v) is 5.36. The molecule has 1 heterocycles. The van der Waals surface area contributed by atoms with Crippen LogP contribution in [0.4, 0.5) is 5.69 Å². The van der Waals surface area contributed by atoms with Gasteiger partial charge in [-0.05, 0) is 31.2 Å². The number of carbonyl (C=O) groups is 1. The van der Waals surface area contributed by atoms with Crippen molar-refractivity contribution < 1.29 is 9.53 Å². The van der Waals surface area contributed by atoms with Gasteiger partial charge in [0.1, 0.15) is 5.56 Å². The summed E-state index contributed by atoms with van der Waals surface area (Å²) in [6.45, 7) is 2.21. The number of nitrogens with zero attached hydrogens (tertiary/aromatic N) is 1. The SMILES string of the molecule is CCOc1ncccc1C(=O)NNc1c(Cl)cc(Cl)cc1Cl. The first kappa shape index (κ1) is 16.7. The monoisotopic (exact) mass is 359 g/mol. The smallest absolute Gasteiger partial charge is 0.275 e. The Morgan fingerprint density at radius 3 is 2.59 bits per heavy atom. The minimum Gasteiger partial charge on any atom is -0.477 e. The van der Waals surface area contributed by atoms with E-state index >= 15 is 0 Å². The molecule has 2 aromatic rings. The Balaban J connectivity index is 2.14. The van der Waals surface area contributed by atoms with Crippen LogP contribution in [0.1, 0.15) is 17.3 Å². The Bertz CT molecular complexity index is 672. The van der Waals surface area contributed by atoms with Gasteiger partial charge in [0.05, 0.1) is 22.3 Å². The number of nitrogens with one attached hydrogen (secondary N) is 2. The number of carbonyl (C=O) groups excluding carboxylic acids is 1. The average molecular weight is 361 g/mol. The zero-order chi connectivity index (χ0) is 16.1. The van der Waals surface area contributed by atoms with Crippen molar-refractivity contribution in [2.75, 3.05) is 12.0 Å². The molecule has 8 heteroatoms. The average Bonchev–Trinajstić information content (AvgIpc) is 2.46. The molecule has 0 saturated heterocycles. The third-order valence-electron chi connectivity index (χ3n) is 2.60. The molecule has 1 amide bonds. The van der Waals surface area contributed by atoms with E-state index in [1.807, 2.05) is 6.92 Å². The molecule has 2 N–H and O–H groups in total. The summed E-state index contributed by atoms with van der Waals surface area (Å²) < 4.78 is 5.30. The molecule has 0 spiro atoms. The van der Waals surface area contributed by atoms with Gasteiger partial charge < -0.3 is 4.74 Å². The van der Waals surface area contributed by atoms with Crippen LogP contribution in [-0.4, -0.2) is 17.5 Å². The van der Waals surface area contributed by atoms with E-state index in [9.17, 15) is 4.79 Å². The van der Waals surface area contributed by atoms with E-state index in [1.54, 1.807) is 18.3 Å². The van der Waals surface area contributed by atoms with Gasteiger partial charge in [-0.3, -0.25) is 15.6 Å². The molecule has 5 nitrogen and oxygen atoms in total. The topological polar surface area (TPSA) is 63.2 Å². The lowest BCUT2D eigenvalue weighted by molar-refractivity contribution is 0.0958. The molecule has 2 rings (SSSR count). The number of ether oxygens (including phenoxy) is 1. The molecule has 0 saturated carbocycles. The lowest BCUT2D eigenvalue weighted by Gasteiger charge is -2.13. The van der Waals surface area contributed by atoms with Crippen molar-refractivity contribution in [1.82, 2.24) is 10.4 Å². The summed E-state index contributed by atoms with van der Waals surface area (Å²) in [5, 5.41) is 0.973. The molecule has 116 valence electrons. The van der Waals surface area contributed by atoms with Crippen LogP contribution in [0.15, 0.2) is 30.5 Å². The van der Waals surface area contributed by atoms with Crippen molar-refractivity contribution in [3.8, 4) is 5.88 Å². The zero-order valence-corrected chi connectivity index (χ0v) is 13.8. The van der Waals surface area contributed by atoms with Gasteiger partial charge in [-0.2, -0.15) is 0 Å². The third-order valence-corrected chi connectivity index (χ3v) is 3.42. The van der Waals surface area contributed by atoms with Crippen LogP contribution in [0.25, 0.3) is 0 Å². The molecular formula is C14H12Cl3N3O2. The molecule has 0 aliphatic rings. The summed E-state index contributed by atoms with van der Waals surface area (Å²) in [5.41, 5.74) is 5.80. The van der Waals surface area contributed by atoms with E-state index in [4.69, 9.17) is 39.5 Å². The maximum absolute atomic E-state index is 12.2. The quantitative estimate of drug-likeness (QED) is 0.785. The lowest BCUT2D eigenvalue weighted by Crippen LogP contribution is -2.30. The highest BCUT2D eigenvalue weighted by atomic mass is 35.5. The van der Waals surface area contributed by atoms with Gasteiger partial charge in [-0.15, -0.1) is 0 Å². The van der Waals surface area contributed by atoms with Crippen LogP contribution in [-0.2, 0) is 0 Å².